The van der Waals surface area contributed by atoms with Gasteiger partial charge in [0.2, 0.25) is 0 Å². The molecule has 18 rings (SSSR count). The average Bonchev–Trinajstić information content (AvgIpc) is 1.46. The van der Waals surface area contributed by atoms with E-state index in [1.54, 1.807) is 0 Å². The van der Waals surface area contributed by atoms with E-state index >= 15 is 0 Å². The molecule has 0 spiro atoms. The minimum Gasteiger partial charge on any atom is -0.354 e. The van der Waals surface area contributed by atoms with E-state index in [-0.39, 0.29) is 52.7 Å². The molecule has 0 saturated carbocycles. The Balaban J connectivity index is 0.995. The number of fused-ring (bicyclic) bond motifs is 17. The number of aromatic amines is 1. The molecule has 0 bridgehead atoms. The summed E-state index contributed by atoms with van der Waals surface area (Å²) in [5, 5.41) is 8.90. The Morgan fingerprint density at radius 1 is 0.371 bits per heavy atom. The van der Waals surface area contributed by atoms with Crippen LogP contribution in [0.25, 0.3) is 149 Å². The molecule has 4 aromatic heterocycles. The molecule has 0 amide bonds. The monoisotopic (exact) mass is 1150 g/mol. The lowest BCUT2D eigenvalue weighted by Gasteiger charge is -2.34. The first-order valence-electron chi connectivity index (χ1n) is 33.9. The van der Waals surface area contributed by atoms with E-state index in [0.29, 0.717) is 5.56 Å². The van der Waals surface area contributed by atoms with Crippen LogP contribution in [0.4, 0.5) is 0 Å². The predicted octanol–water partition coefficient (Wildman–Crippen LogP) is 20.3. The first kappa shape index (κ1) is 47.0. The van der Waals surface area contributed by atoms with Crippen molar-refractivity contribution in [3.8, 4) is 61.6 Å². The third kappa shape index (κ3) is 7.42. The fourth-order valence-corrected chi connectivity index (χ4v) is 15.6. The van der Waals surface area contributed by atoms with Crippen molar-refractivity contribution in [3.05, 3.63) is 253 Å². The topological polar surface area (TPSA) is 30.6 Å². The van der Waals surface area contributed by atoms with Crippen molar-refractivity contribution in [2.24, 2.45) is 0 Å². The summed E-state index contributed by atoms with van der Waals surface area (Å²) in [7, 11) is 0. The number of hydrogen-bond donors (Lipinski definition) is 1. The number of para-hydroxylation sites is 2. The number of H-pyrrole nitrogens is 1. The molecule has 1 N–H and O–H groups in total. The summed E-state index contributed by atoms with van der Waals surface area (Å²) in [6.07, 6.45) is 0. The second-order valence-electron chi connectivity index (χ2n) is 28.2. The number of nitrogens with zero attached hydrogens (tertiary/aromatic N) is 3. The maximum Gasteiger partial charge on any atom is 0.252 e. The van der Waals surface area contributed by atoms with E-state index in [0.717, 1.165) is 127 Å². The Bertz CT molecular complexity index is 5960. The van der Waals surface area contributed by atoms with Crippen LogP contribution in [0.1, 0.15) is 85.9 Å². The fraction of sp³-hybridized carbons (Fsp3) is 0.143. The lowest BCUT2D eigenvalue weighted by Crippen LogP contribution is -2.59. The predicted molar refractivity (Wildman–Crippen MR) is 381 cm³/mol. The maximum atomic E-state index is 9.60. The van der Waals surface area contributed by atoms with E-state index in [9.17, 15) is 2.74 Å². The van der Waals surface area contributed by atoms with Crippen molar-refractivity contribution in [2.75, 3.05) is 0 Å². The summed E-state index contributed by atoms with van der Waals surface area (Å²) in [6, 6.07) is 74.8. The molecule has 0 saturated heterocycles. The van der Waals surface area contributed by atoms with Gasteiger partial charge in [-0.05, 0) is 155 Å². The molecule has 2 aliphatic heterocycles. The van der Waals surface area contributed by atoms with Crippen LogP contribution >= 0.6 is 0 Å². The van der Waals surface area contributed by atoms with Crippen molar-refractivity contribution in [1.29, 1.82) is 0 Å². The second-order valence-corrected chi connectivity index (χ2v) is 28.2. The van der Waals surface area contributed by atoms with Crippen LogP contribution in [-0.4, -0.2) is 25.4 Å². The molecule has 5 heteroatoms. The smallest absolute Gasteiger partial charge is 0.252 e. The second kappa shape index (κ2) is 18.2. The van der Waals surface area contributed by atoms with Gasteiger partial charge in [0.05, 0.1) is 45.6 Å². The Hall–Kier alpha value is -10.1. The van der Waals surface area contributed by atoms with E-state index in [4.69, 9.17) is 4.11 Å². The number of hydrogen-bond acceptors (Lipinski definition) is 0. The summed E-state index contributed by atoms with van der Waals surface area (Å²) in [6.45, 7) is 20.2. The number of rotatable bonds is 5. The lowest BCUT2D eigenvalue weighted by molar-refractivity contribution is 0.590. The molecule has 12 aromatic carbocycles. The molecular weight excluding hydrogens is 1080 g/mol. The molecule has 426 valence electrons. The molecular formula is C84H67BN4. The number of aromatic nitrogens is 4. The highest BCUT2D eigenvalue weighted by atomic mass is 15.0. The molecule has 89 heavy (non-hydrogen) atoms. The molecule has 0 aliphatic carbocycles. The van der Waals surface area contributed by atoms with Crippen LogP contribution in [0.15, 0.2) is 236 Å². The third-order valence-electron chi connectivity index (χ3n) is 19.9. The van der Waals surface area contributed by atoms with E-state index < -0.39 is 6.04 Å². The zero-order valence-corrected chi connectivity index (χ0v) is 51.5. The first-order valence-corrected chi connectivity index (χ1v) is 31.4. The highest BCUT2D eigenvalue weighted by Gasteiger charge is 2.43. The molecule has 0 radical (unpaired) electrons. The van der Waals surface area contributed by atoms with Crippen molar-refractivity contribution < 1.29 is 6.85 Å². The average molecular weight is 1150 g/mol. The minimum atomic E-state index is -0.413. The summed E-state index contributed by atoms with van der Waals surface area (Å²) in [4.78, 5) is 4.18. The molecule has 0 unspecified atom stereocenters. The maximum absolute atomic E-state index is 9.60. The van der Waals surface area contributed by atoms with Gasteiger partial charge >= 0.3 is 0 Å². The van der Waals surface area contributed by atoms with Crippen LogP contribution < -0.4 is 16.4 Å². The Kier molecular flexibility index (Phi) is 9.64. The van der Waals surface area contributed by atoms with E-state index in [1.807, 2.05) is 0 Å². The highest BCUT2D eigenvalue weighted by Crippen LogP contribution is 2.48. The molecule has 16 aromatic rings. The van der Waals surface area contributed by atoms with Gasteiger partial charge < -0.3 is 18.7 Å². The zero-order chi connectivity index (χ0) is 64.5. The van der Waals surface area contributed by atoms with Gasteiger partial charge in [-0.25, -0.2) is 0 Å². The van der Waals surface area contributed by atoms with Crippen molar-refractivity contribution in [2.45, 2.75) is 78.6 Å². The highest BCUT2D eigenvalue weighted by molar-refractivity contribution is 7.00. The van der Waals surface area contributed by atoms with Gasteiger partial charge in [0.25, 0.3) is 6.71 Å². The Morgan fingerprint density at radius 2 is 0.888 bits per heavy atom. The first-order chi connectivity index (χ1) is 45.1. The summed E-state index contributed by atoms with van der Waals surface area (Å²) in [5.74, 6) is 0. The molecule has 6 heterocycles. The largest absolute Gasteiger partial charge is 0.354 e. The summed E-state index contributed by atoms with van der Waals surface area (Å²) >= 11 is 0. The number of nitrogens with one attached hydrogen (secondary N) is 1. The molecule has 0 fully saturated rings. The zero-order valence-electron chi connectivity index (χ0n) is 56.5. The van der Waals surface area contributed by atoms with Crippen molar-refractivity contribution in [1.82, 2.24) is 18.7 Å². The van der Waals surface area contributed by atoms with Crippen LogP contribution in [0, 0.1) is 0 Å². The Labute approximate surface area is 526 Å². The van der Waals surface area contributed by atoms with Crippen molar-refractivity contribution >= 4 is 110 Å². The van der Waals surface area contributed by atoms with Crippen LogP contribution in [0.5, 0.6) is 0 Å². The standard InChI is InChI=1S/C84H67BN4/c1-82(2,3)52-36-40-73-63(44-52)61-31-21-33-68-79(61)88(73)75-48-70-76(62-32-20-30-60(78(62)86-70)59-29-19-18-28-58(59)57-27-17-16-26-56(57)50-24-14-11-15-25-50)81-77(75)85(68)69-43-51(49-22-12-10-13-23-49)42-67-66-47-55(37-41-74(66)89(81)80(67)69)87-71-38-34-53(83(4,5)6)45-64(71)65-46-54(84(7,8)9)35-39-72(65)87/h10-48,86H,1-9H3/i10D,12D,13D,22D,23D. The van der Waals surface area contributed by atoms with Crippen LogP contribution in [0.3, 0.4) is 0 Å². The molecule has 2 aliphatic rings. The quantitative estimate of drug-likeness (QED) is 0.167. The van der Waals surface area contributed by atoms with Crippen LogP contribution in [0.2, 0.25) is 0 Å². The van der Waals surface area contributed by atoms with E-state index in [2.05, 4.69) is 287 Å². The van der Waals surface area contributed by atoms with Gasteiger partial charge in [0.15, 0.2) is 0 Å². The third-order valence-corrected chi connectivity index (χ3v) is 19.9. The summed E-state index contributed by atoms with van der Waals surface area (Å²) < 4.78 is 53.6. The van der Waals surface area contributed by atoms with Gasteiger partial charge in [0, 0.05) is 71.1 Å². The molecule has 0 atom stereocenters. The Morgan fingerprint density at radius 3 is 1.54 bits per heavy atom. The number of benzene rings is 12. The van der Waals surface area contributed by atoms with Gasteiger partial charge in [-0.15, -0.1) is 0 Å². The van der Waals surface area contributed by atoms with Crippen molar-refractivity contribution in [3.63, 3.8) is 0 Å². The summed E-state index contributed by atoms with van der Waals surface area (Å²) in [5.41, 5.74) is 26.2. The normalized spacial score (nSPS) is 14.0. The van der Waals surface area contributed by atoms with Gasteiger partial charge in [0.1, 0.15) is 0 Å². The SMILES string of the molecule is [2H]c1c([2H])c([2H])c(-c2cc3c4c(c2)c2cc(-n5c6ccc(C(C)(C)C)cc6c6cc(C(C)(C)C)ccc65)ccc2n4-c2c4c(cc5[nH]c6c(-c7ccccc7-c7ccccc7-c7ccccc7)cccc6c25)-n2c5ccc(C(C)(C)C)cc5c5cccc(c52)B43)c([2H])c1[2H]. The van der Waals surface area contributed by atoms with Gasteiger partial charge in [-0.1, -0.05) is 232 Å². The fourth-order valence-electron chi connectivity index (χ4n) is 15.6. The van der Waals surface area contributed by atoms with Gasteiger partial charge in [-0.2, -0.15) is 0 Å². The van der Waals surface area contributed by atoms with Crippen LogP contribution in [-0.2, 0) is 16.2 Å². The van der Waals surface area contributed by atoms with Gasteiger partial charge in [-0.3, -0.25) is 0 Å². The minimum absolute atomic E-state index is 0.0731. The lowest BCUT2D eigenvalue weighted by atomic mass is 9.34. The molecule has 4 nitrogen and oxygen atoms in total. The van der Waals surface area contributed by atoms with E-state index in [1.165, 1.54) is 43.8 Å².